The zero-order chi connectivity index (χ0) is 34.1. The Balaban J connectivity index is 1.66. The van der Waals surface area contributed by atoms with E-state index in [-0.39, 0.29) is 43.9 Å². The van der Waals surface area contributed by atoms with E-state index < -0.39 is 42.8 Å². The van der Waals surface area contributed by atoms with Crippen LogP contribution in [0, 0.1) is 11.6 Å². The number of pyridine rings is 1. The number of phosphoric acid groups is 1. The lowest BCUT2D eigenvalue weighted by Crippen LogP contribution is -2.41. The lowest BCUT2D eigenvalue weighted by Gasteiger charge is -2.31. The second-order valence-electron chi connectivity index (χ2n) is 12.8. The number of likely N-dealkylation sites (N-methyl/N-ethyl adjacent to an activating group) is 1. The van der Waals surface area contributed by atoms with Crippen molar-refractivity contribution < 1.29 is 41.2 Å². The SMILES string of the molecule is CN(C(=O)CCc1cccc(F)c1F)[C@@H](CCCOP(=O)(OC(C)(C)C)OC(C)(C)C)COC(=O)Nc1cc2ccccc2cn1. The van der Waals surface area contributed by atoms with Crippen LogP contribution in [0.4, 0.5) is 19.4 Å². The van der Waals surface area contributed by atoms with Crippen molar-refractivity contribution in [3.8, 4) is 0 Å². The lowest BCUT2D eigenvalue weighted by molar-refractivity contribution is -0.133. The van der Waals surface area contributed by atoms with Gasteiger partial charge < -0.3 is 9.64 Å². The molecule has 46 heavy (non-hydrogen) atoms. The Morgan fingerprint density at radius 3 is 2.28 bits per heavy atom. The highest BCUT2D eigenvalue weighted by Crippen LogP contribution is 2.55. The van der Waals surface area contributed by atoms with Gasteiger partial charge in [-0.25, -0.2) is 23.1 Å². The number of anilines is 1. The van der Waals surface area contributed by atoms with Gasteiger partial charge in [0.15, 0.2) is 11.6 Å². The molecule has 1 aromatic heterocycles. The fraction of sp³-hybridized carbons (Fsp3) is 0.485. The summed E-state index contributed by atoms with van der Waals surface area (Å²) in [7, 11) is -2.42. The van der Waals surface area contributed by atoms with Crippen LogP contribution in [0.1, 0.15) is 66.4 Å². The van der Waals surface area contributed by atoms with Crippen LogP contribution in [-0.4, -0.2) is 59.4 Å². The summed E-state index contributed by atoms with van der Waals surface area (Å²) in [5.41, 5.74) is -1.53. The Labute approximate surface area is 269 Å². The summed E-state index contributed by atoms with van der Waals surface area (Å²) in [5, 5.41) is 4.39. The minimum Gasteiger partial charge on any atom is -0.447 e. The monoisotopic (exact) mass is 663 g/mol. The van der Waals surface area contributed by atoms with E-state index in [0.717, 1.165) is 16.8 Å². The molecule has 0 aliphatic carbocycles. The molecule has 3 rings (SSSR count). The molecular formula is C33H44F2N3O7P. The predicted molar refractivity (Wildman–Crippen MR) is 172 cm³/mol. The Kier molecular flexibility index (Phi) is 12.8. The summed E-state index contributed by atoms with van der Waals surface area (Å²) >= 11 is 0. The van der Waals surface area contributed by atoms with Crippen LogP contribution < -0.4 is 5.32 Å². The topological polar surface area (TPSA) is 116 Å². The van der Waals surface area contributed by atoms with E-state index >= 15 is 0 Å². The highest BCUT2D eigenvalue weighted by Gasteiger charge is 2.37. The number of fused-ring (bicyclic) bond motifs is 1. The Bertz CT molecular complexity index is 1520. The summed E-state index contributed by atoms with van der Waals surface area (Å²) in [5.74, 6) is -2.05. The number of carbonyl (C=O) groups excluding carboxylic acids is 2. The summed E-state index contributed by atoms with van der Waals surface area (Å²) in [6.07, 6.45) is 1.31. The molecule has 0 fully saturated rings. The molecule has 0 spiro atoms. The average Bonchev–Trinajstić information content (AvgIpc) is 2.95. The summed E-state index contributed by atoms with van der Waals surface area (Å²) in [4.78, 5) is 31.5. The Hall–Kier alpha value is -3.44. The van der Waals surface area contributed by atoms with Gasteiger partial charge in [0.2, 0.25) is 5.91 Å². The van der Waals surface area contributed by atoms with Crippen LogP contribution in [0.25, 0.3) is 10.8 Å². The fourth-order valence-corrected chi connectivity index (χ4v) is 6.29. The number of aromatic nitrogens is 1. The Morgan fingerprint density at radius 2 is 1.63 bits per heavy atom. The van der Waals surface area contributed by atoms with Gasteiger partial charge in [-0.3, -0.25) is 23.7 Å². The van der Waals surface area contributed by atoms with Gasteiger partial charge in [-0.05, 0) is 83.9 Å². The third-order valence-corrected chi connectivity index (χ3v) is 8.59. The molecule has 1 N–H and O–H groups in total. The van der Waals surface area contributed by atoms with Gasteiger partial charge in [-0.2, -0.15) is 0 Å². The van der Waals surface area contributed by atoms with Crippen LogP contribution in [-0.2, 0) is 34.1 Å². The number of rotatable bonds is 14. The molecule has 3 aromatic rings. The van der Waals surface area contributed by atoms with Crippen LogP contribution in [0.5, 0.6) is 0 Å². The number of phosphoric ester groups is 1. The van der Waals surface area contributed by atoms with Crippen molar-refractivity contribution in [3.05, 3.63) is 71.9 Å². The molecule has 2 aromatic carbocycles. The number of hydrogen-bond donors (Lipinski definition) is 1. The number of nitrogens with zero attached hydrogens (tertiary/aromatic N) is 2. The van der Waals surface area contributed by atoms with Gasteiger partial charge in [-0.1, -0.05) is 36.4 Å². The van der Waals surface area contributed by atoms with Crippen molar-refractivity contribution in [2.45, 2.75) is 84.5 Å². The molecule has 13 heteroatoms. The van der Waals surface area contributed by atoms with E-state index in [0.29, 0.717) is 12.2 Å². The maximum absolute atomic E-state index is 14.2. The van der Waals surface area contributed by atoms with Crippen LogP contribution in [0.3, 0.4) is 0 Å². The van der Waals surface area contributed by atoms with E-state index in [1.165, 1.54) is 24.1 Å². The first-order valence-corrected chi connectivity index (χ1v) is 16.5. The fourth-order valence-electron chi connectivity index (χ4n) is 4.45. The third kappa shape index (κ3) is 12.1. The molecule has 0 bridgehead atoms. The first-order valence-electron chi connectivity index (χ1n) is 15.1. The molecule has 1 heterocycles. The van der Waals surface area contributed by atoms with Crippen LogP contribution in [0.15, 0.2) is 54.7 Å². The average molecular weight is 664 g/mol. The summed E-state index contributed by atoms with van der Waals surface area (Å²) < 4.78 is 63.7. The van der Waals surface area contributed by atoms with Crippen molar-refractivity contribution in [1.82, 2.24) is 9.88 Å². The third-order valence-electron chi connectivity index (χ3n) is 6.55. The second-order valence-corrected chi connectivity index (χ2v) is 14.4. The molecular weight excluding hydrogens is 619 g/mol. The maximum atomic E-state index is 14.2. The molecule has 252 valence electrons. The highest BCUT2D eigenvalue weighted by atomic mass is 31.2. The molecule has 0 saturated heterocycles. The zero-order valence-corrected chi connectivity index (χ0v) is 28.4. The molecule has 2 amide bonds. The molecule has 0 radical (unpaired) electrons. The van der Waals surface area contributed by atoms with E-state index in [4.69, 9.17) is 18.3 Å². The normalized spacial score (nSPS) is 13.0. The molecule has 10 nitrogen and oxygen atoms in total. The van der Waals surface area contributed by atoms with Crippen molar-refractivity contribution in [3.63, 3.8) is 0 Å². The molecule has 0 aliphatic rings. The first-order chi connectivity index (χ1) is 21.4. The van der Waals surface area contributed by atoms with Gasteiger partial charge in [0.25, 0.3) is 0 Å². The lowest BCUT2D eigenvalue weighted by atomic mass is 10.1. The molecule has 1 atom stereocenters. The number of carbonyl (C=O) groups is 2. The van der Waals surface area contributed by atoms with Gasteiger partial charge >= 0.3 is 13.9 Å². The molecule has 0 saturated carbocycles. The van der Waals surface area contributed by atoms with Crippen molar-refractivity contribution in [2.24, 2.45) is 0 Å². The number of halogens is 2. The number of benzene rings is 2. The zero-order valence-electron chi connectivity index (χ0n) is 27.5. The maximum Gasteiger partial charge on any atom is 0.475 e. The number of amides is 2. The van der Waals surface area contributed by atoms with E-state index in [1.807, 2.05) is 24.3 Å². The van der Waals surface area contributed by atoms with Crippen molar-refractivity contribution in [1.29, 1.82) is 0 Å². The molecule has 0 unspecified atom stereocenters. The van der Waals surface area contributed by atoms with Gasteiger partial charge in [-0.15, -0.1) is 0 Å². The molecule has 0 aliphatic heterocycles. The minimum absolute atomic E-state index is 0.0188. The van der Waals surface area contributed by atoms with Gasteiger partial charge in [0, 0.05) is 25.1 Å². The number of nitrogens with one attached hydrogen (secondary N) is 1. The number of ether oxygens (including phenoxy) is 1. The van der Waals surface area contributed by atoms with Gasteiger partial charge in [0.05, 0.1) is 23.9 Å². The highest BCUT2D eigenvalue weighted by molar-refractivity contribution is 7.48. The second kappa shape index (κ2) is 15.9. The van der Waals surface area contributed by atoms with Gasteiger partial charge in [0.1, 0.15) is 12.4 Å². The van der Waals surface area contributed by atoms with E-state index in [1.54, 1.807) is 53.8 Å². The van der Waals surface area contributed by atoms with Crippen molar-refractivity contribution >= 4 is 36.4 Å². The summed E-state index contributed by atoms with van der Waals surface area (Å²) in [6.45, 7) is 10.2. The van der Waals surface area contributed by atoms with Crippen LogP contribution in [0.2, 0.25) is 0 Å². The van der Waals surface area contributed by atoms with Crippen LogP contribution >= 0.6 is 7.82 Å². The smallest absolute Gasteiger partial charge is 0.447 e. The standard InChI is InChI=1S/C33H44F2N3O7P/c1-32(2,3)44-46(41,45-33(4,5)6)43-19-11-15-26(38(7)29(39)18-17-23-14-10-16-27(34)30(23)35)22-42-31(40)37-28-20-24-12-8-9-13-25(24)21-36-28/h8-10,12-14,16,20-21,26H,11,15,17-19,22H2,1-7H3,(H,36,37,40)/t26-/m0/s1. The minimum atomic E-state index is -3.96. The quantitative estimate of drug-likeness (QED) is 0.136. The number of aryl methyl sites for hydroxylation is 1. The number of hydrogen-bond acceptors (Lipinski definition) is 8. The predicted octanol–water partition coefficient (Wildman–Crippen LogP) is 8.06. The largest absolute Gasteiger partial charge is 0.475 e. The van der Waals surface area contributed by atoms with E-state index in [2.05, 4.69) is 10.3 Å². The van der Waals surface area contributed by atoms with E-state index in [9.17, 15) is 22.9 Å². The first kappa shape index (κ1) is 37.0. The summed E-state index contributed by atoms with van der Waals surface area (Å²) in [6, 6.07) is 12.4. The van der Waals surface area contributed by atoms with Crippen molar-refractivity contribution in [2.75, 3.05) is 25.6 Å². The Morgan fingerprint density at radius 1 is 0.978 bits per heavy atom.